The van der Waals surface area contributed by atoms with Gasteiger partial charge in [0.2, 0.25) is 5.91 Å². The minimum atomic E-state index is -0.469. The number of amides is 1. The van der Waals surface area contributed by atoms with Crippen LogP contribution in [-0.2, 0) is 11.2 Å². The molecule has 1 N–H and O–H groups in total. The van der Waals surface area contributed by atoms with Gasteiger partial charge in [-0.3, -0.25) is 4.79 Å². The first kappa shape index (κ1) is 16.0. The van der Waals surface area contributed by atoms with E-state index in [0.29, 0.717) is 18.7 Å². The van der Waals surface area contributed by atoms with Crippen LogP contribution in [0.2, 0.25) is 0 Å². The summed E-state index contributed by atoms with van der Waals surface area (Å²) < 4.78 is 18.8. The summed E-state index contributed by atoms with van der Waals surface area (Å²) in [5, 5.41) is 2.70. The number of nitrogens with one attached hydrogen (secondary N) is 1. The van der Waals surface area contributed by atoms with Crippen molar-refractivity contribution in [2.75, 3.05) is 11.9 Å². The molecule has 0 bridgehead atoms. The van der Waals surface area contributed by atoms with E-state index >= 15 is 0 Å². The van der Waals surface area contributed by atoms with Gasteiger partial charge >= 0.3 is 0 Å². The van der Waals surface area contributed by atoms with Crippen LogP contribution in [0.1, 0.15) is 25.3 Å². The number of halogens is 1. The van der Waals surface area contributed by atoms with Crippen molar-refractivity contribution in [2.24, 2.45) is 0 Å². The Bertz CT molecular complexity index is 614. The van der Waals surface area contributed by atoms with E-state index in [0.717, 1.165) is 12.8 Å². The highest BCUT2D eigenvalue weighted by Crippen LogP contribution is 2.21. The van der Waals surface area contributed by atoms with Gasteiger partial charge in [-0.25, -0.2) is 4.39 Å². The van der Waals surface area contributed by atoms with E-state index in [4.69, 9.17) is 4.74 Å². The average molecular weight is 301 g/mol. The summed E-state index contributed by atoms with van der Waals surface area (Å²) in [5.41, 5.74) is 1.66. The molecule has 0 saturated heterocycles. The Hall–Kier alpha value is -2.36. The maximum Gasteiger partial charge on any atom is 0.224 e. The van der Waals surface area contributed by atoms with Crippen molar-refractivity contribution >= 4 is 11.6 Å². The van der Waals surface area contributed by atoms with Crippen LogP contribution in [-0.4, -0.2) is 12.5 Å². The number of rotatable bonds is 7. The zero-order valence-corrected chi connectivity index (χ0v) is 12.6. The van der Waals surface area contributed by atoms with Gasteiger partial charge in [0.25, 0.3) is 0 Å². The molecule has 0 unspecified atom stereocenters. The highest BCUT2D eigenvalue weighted by Gasteiger charge is 2.07. The zero-order valence-electron chi connectivity index (χ0n) is 12.6. The quantitative estimate of drug-likeness (QED) is 0.833. The Kier molecular flexibility index (Phi) is 5.95. The summed E-state index contributed by atoms with van der Waals surface area (Å²) in [7, 11) is 0. The van der Waals surface area contributed by atoms with Crippen molar-refractivity contribution < 1.29 is 13.9 Å². The normalized spacial score (nSPS) is 10.3. The van der Waals surface area contributed by atoms with Gasteiger partial charge in [0, 0.05) is 18.2 Å². The highest BCUT2D eigenvalue weighted by atomic mass is 19.1. The minimum absolute atomic E-state index is 0.112. The molecule has 116 valence electrons. The predicted molar refractivity (Wildman–Crippen MR) is 85.6 cm³/mol. The fourth-order valence-electron chi connectivity index (χ4n) is 2.17. The zero-order chi connectivity index (χ0) is 15.8. The molecule has 2 aromatic rings. The van der Waals surface area contributed by atoms with E-state index in [-0.39, 0.29) is 11.7 Å². The van der Waals surface area contributed by atoms with Gasteiger partial charge in [-0.2, -0.15) is 0 Å². The summed E-state index contributed by atoms with van der Waals surface area (Å²) >= 11 is 0. The smallest absolute Gasteiger partial charge is 0.224 e. The van der Waals surface area contributed by atoms with Gasteiger partial charge in [-0.15, -0.1) is 0 Å². The Morgan fingerprint density at radius 1 is 1.18 bits per heavy atom. The summed E-state index contributed by atoms with van der Waals surface area (Å²) in [6.07, 6.45) is 2.02. The number of hydrogen-bond acceptors (Lipinski definition) is 2. The number of benzene rings is 2. The van der Waals surface area contributed by atoms with Crippen molar-refractivity contribution in [3.05, 3.63) is 59.9 Å². The maximum atomic E-state index is 13.7. The molecule has 2 rings (SSSR count). The van der Waals surface area contributed by atoms with Crippen LogP contribution in [0.4, 0.5) is 10.1 Å². The second-order valence-electron chi connectivity index (χ2n) is 4.97. The lowest BCUT2D eigenvalue weighted by molar-refractivity contribution is -0.116. The van der Waals surface area contributed by atoms with Crippen molar-refractivity contribution in [3.8, 4) is 5.75 Å². The molecule has 0 radical (unpaired) electrons. The Morgan fingerprint density at radius 2 is 1.95 bits per heavy atom. The molecule has 3 nitrogen and oxygen atoms in total. The summed E-state index contributed by atoms with van der Waals surface area (Å²) in [4.78, 5) is 11.9. The fraction of sp³-hybridized carbons (Fsp3) is 0.278. The standard InChI is InChI=1S/C18H20FNO2/c1-2-22-17-12-11-15(13-16(17)19)20-18(21)10-6-9-14-7-4-3-5-8-14/h3-5,7-8,11-13H,2,6,9-10H2,1H3,(H,20,21). The Balaban J connectivity index is 1.80. The lowest BCUT2D eigenvalue weighted by Gasteiger charge is -2.08. The fourth-order valence-corrected chi connectivity index (χ4v) is 2.17. The Morgan fingerprint density at radius 3 is 2.64 bits per heavy atom. The van der Waals surface area contributed by atoms with Gasteiger partial charge in [-0.1, -0.05) is 30.3 Å². The van der Waals surface area contributed by atoms with E-state index in [1.54, 1.807) is 13.0 Å². The third-order valence-electron chi connectivity index (χ3n) is 3.23. The van der Waals surface area contributed by atoms with Crippen molar-refractivity contribution in [1.82, 2.24) is 0 Å². The van der Waals surface area contributed by atoms with Crippen LogP contribution in [0.5, 0.6) is 5.75 Å². The van der Waals surface area contributed by atoms with Gasteiger partial charge in [0.05, 0.1) is 6.61 Å². The van der Waals surface area contributed by atoms with E-state index in [1.165, 1.54) is 17.7 Å². The number of carbonyl (C=O) groups excluding carboxylic acids is 1. The lowest BCUT2D eigenvalue weighted by atomic mass is 10.1. The molecule has 1 amide bonds. The number of anilines is 1. The summed E-state index contributed by atoms with van der Waals surface area (Å²) in [6, 6.07) is 14.5. The van der Waals surface area contributed by atoms with Crippen LogP contribution in [0.3, 0.4) is 0 Å². The van der Waals surface area contributed by atoms with Gasteiger partial charge in [-0.05, 0) is 37.5 Å². The molecule has 0 fully saturated rings. The third kappa shape index (κ3) is 4.88. The number of ether oxygens (including phenoxy) is 1. The molecule has 0 saturated carbocycles. The summed E-state index contributed by atoms with van der Waals surface area (Å²) in [5.74, 6) is -0.381. The number of carbonyl (C=O) groups is 1. The molecule has 4 heteroatoms. The van der Waals surface area contributed by atoms with Crippen LogP contribution < -0.4 is 10.1 Å². The predicted octanol–water partition coefficient (Wildman–Crippen LogP) is 4.19. The molecule has 2 aromatic carbocycles. The first-order valence-corrected chi connectivity index (χ1v) is 7.45. The molecule has 0 spiro atoms. The monoisotopic (exact) mass is 301 g/mol. The second kappa shape index (κ2) is 8.17. The SMILES string of the molecule is CCOc1ccc(NC(=O)CCCc2ccccc2)cc1F. The molecule has 0 atom stereocenters. The first-order chi connectivity index (χ1) is 10.7. The van der Waals surface area contributed by atoms with E-state index in [1.807, 2.05) is 30.3 Å². The largest absolute Gasteiger partial charge is 0.491 e. The molecule has 0 aliphatic carbocycles. The molecule has 0 aliphatic rings. The van der Waals surface area contributed by atoms with Crippen LogP contribution in [0.25, 0.3) is 0 Å². The van der Waals surface area contributed by atoms with Crippen molar-refractivity contribution in [2.45, 2.75) is 26.2 Å². The van der Waals surface area contributed by atoms with E-state index in [2.05, 4.69) is 5.32 Å². The molecule has 22 heavy (non-hydrogen) atoms. The van der Waals surface area contributed by atoms with Crippen LogP contribution in [0.15, 0.2) is 48.5 Å². The number of aryl methyl sites for hydroxylation is 1. The van der Waals surface area contributed by atoms with Crippen molar-refractivity contribution in [1.29, 1.82) is 0 Å². The lowest BCUT2D eigenvalue weighted by Crippen LogP contribution is -2.11. The minimum Gasteiger partial charge on any atom is -0.491 e. The van der Waals surface area contributed by atoms with Crippen LogP contribution in [0, 0.1) is 5.82 Å². The van der Waals surface area contributed by atoms with Gasteiger partial charge in [0.15, 0.2) is 11.6 Å². The molecule has 0 aliphatic heterocycles. The maximum absolute atomic E-state index is 13.7. The first-order valence-electron chi connectivity index (χ1n) is 7.45. The third-order valence-corrected chi connectivity index (χ3v) is 3.23. The molecular weight excluding hydrogens is 281 g/mol. The average Bonchev–Trinajstić information content (AvgIpc) is 2.51. The van der Waals surface area contributed by atoms with E-state index < -0.39 is 5.82 Å². The van der Waals surface area contributed by atoms with E-state index in [9.17, 15) is 9.18 Å². The highest BCUT2D eigenvalue weighted by molar-refractivity contribution is 5.90. The topological polar surface area (TPSA) is 38.3 Å². The van der Waals surface area contributed by atoms with Gasteiger partial charge < -0.3 is 10.1 Å². The number of hydrogen-bond donors (Lipinski definition) is 1. The summed E-state index contributed by atoms with van der Waals surface area (Å²) in [6.45, 7) is 2.20. The Labute approximate surface area is 130 Å². The van der Waals surface area contributed by atoms with Crippen LogP contribution >= 0.6 is 0 Å². The van der Waals surface area contributed by atoms with Gasteiger partial charge in [0.1, 0.15) is 0 Å². The molecular formula is C18H20FNO2. The second-order valence-corrected chi connectivity index (χ2v) is 4.97. The molecule has 0 heterocycles. The van der Waals surface area contributed by atoms with Crippen molar-refractivity contribution in [3.63, 3.8) is 0 Å². The molecule has 0 aromatic heterocycles.